The summed E-state index contributed by atoms with van der Waals surface area (Å²) in [6.07, 6.45) is 9.17. The van der Waals surface area contributed by atoms with E-state index in [1.54, 1.807) is 7.11 Å². The maximum atomic E-state index is 9.93. The number of hydrogen-bond acceptors (Lipinski definition) is 3. The Morgan fingerprint density at radius 3 is 2.80 bits per heavy atom. The molecule has 20 heavy (non-hydrogen) atoms. The van der Waals surface area contributed by atoms with Gasteiger partial charge in [-0.1, -0.05) is 32.1 Å². The summed E-state index contributed by atoms with van der Waals surface area (Å²) >= 11 is 0. The van der Waals surface area contributed by atoms with Gasteiger partial charge in [-0.3, -0.25) is 0 Å². The van der Waals surface area contributed by atoms with Gasteiger partial charge in [0.15, 0.2) is 11.5 Å². The first-order valence-corrected chi connectivity index (χ1v) is 7.91. The number of phenols is 1. The summed E-state index contributed by atoms with van der Waals surface area (Å²) in [7, 11) is 1.62. The van der Waals surface area contributed by atoms with Crippen LogP contribution in [0, 0.1) is 5.92 Å². The third-order valence-electron chi connectivity index (χ3n) is 4.89. The molecule has 1 unspecified atom stereocenters. The van der Waals surface area contributed by atoms with Crippen LogP contribution in [0.3, 0.4) is 0 Å². The van der Waals surface area contributed by atoms with Crippen molar-refractivity contribution in [1.29, 1.82) is 0 Å². The second kappa shape index (κ2) is 6.04. The number of nitrogens with one attached hydrogen (secondary N) is 1. The topological polar surface area (TPSA) is 41.5 Å². The maximum absolute atomic E-state index is 9.93. The van der Waals surface area contributed by atoms with Gasteiger partial charge in [-0.25, -0.2) is 0 Å². The molecule has 0 aromatic heterocycles. The molecule has 0 amide bonds. The predicted molar refractivity (Wildman–Crippen MR) is 80.3 cm³/mol. The number of aromatic hydroxyl groups is 1. The molecule has 1 aliphatic heterocycles. The smallest absolute Gasteiger partial charge is 0.160 e. The summed E-state index contributed by atoms with van der Waals surface area (Å²) < 4.78 is 5.27. The Kier molecular flexibility index (Phi) is 4.16. The van der Waals surface area contributed by atoms with Gasteiger partial charge < -0.3 is 15.2 Å². The lowest BCUT2D eigenvalue weighted by Gasteiger charge is -2.32. The fourth-order valence-electron chi connectivity index (χ4n) is 3.79. The molecule has 1 aromatic carbocycles. The average molecular weight is 275 g/mol. The molecule has 3 heteroatoms. The Bertz CT molecular complexity index is 466. The third-order valence-corrected chi connectivity index (χ3v) is 4.89. The van der Waals surface area contributed by atoms with Gasteiger partial charge in [0.2, 0.25) is 0 Å². The first kappa shape index (κ1) is 13.7. The van der Waals surface area contributed by atoms with Gasteiger partial charge in [0, 0.05) is 6.04 Å². The molecule has 0 saturated heterocycles. The molecule has 3 rings (SSSR count). The summed E-state index contributed by atoms with van der Waals surface area (Å²) in [6.45, 7) is 1.01. The number of ether oxygens (including phenoxy) is 1. The van der Waals surface area contributed by atoms with Crippen molar-refractivity contribution in [2.24, 2.45) is 5.92 Å². The molecular formula is C17H25NO2. The molecule has 1 aromatic rings. The van der Waals surface area contributed by atoms with E-state index < -0.39 is 0 Å². The highest BCUT2D eigenvalue weighted by Crippen LogP contribution is 2.38. The van der Waals surface area contributed by atoms with E-state index in [0.29, 0.717) is 11.8 Å². The molecule has 1 aliphatic carbocycles. The highest BCUT2D eigenvalue weighted by Gasteiger charge is 2.25. The van der Waals surface area contributed by atoms with Crippen molar-refractivity contribution < 1.29 is 9.84 Å². The molecule has 0 radical (unpaired) electrons. The highest BCUT2D eigenvalue weighted by atomic mass is 16.5. The van der Waals surface area contributed by atoms with Gasteiger partial charge in [0.25, 0.3) is 0 Å². The zero-order chi connectivity index (χ0) is 13.9. The van der Waals surface area contributed by atoms with Gasteiger partial charge in [-0.15, -0.1) is 0 Å². The zero-order valence-corrected chi connectivity index (χ0v) is 12.3. The highest BCUT2D eigenvalue weighted by molar-refractivity contribution is 5.48. The van der Waals surface area contributed by atoms with Crippen LogP contribution < -0.4 is 10.1 Å². The summed E-state index contributed by atoms with van der Waals surface area (Å²) in [5.74, 6) is 1.72. The lowest BCUT2D eigenvalue weighted by atomic mass is 9.81. The van der Waals surface area contributed by atoms with Crippen LogP contribution in [-0.4, -0.2) is 18.8 Å². The van der Waals surface area contributed by atoms with Gasteiger partial charge in [0.1, 0.15) is 0 Å². The molecule has 1 fully saturated rings. The Hall–Kier alpha value is -1.22. The minimum Gasteiger partial charge on any atom is -0.504 e. The molecule has 110 valence electrons. The standard InChI is InChI=1S/C17H25NO2/c1-20-17-11-14-13(10-16(17)19)7-8-18-15(14)9-12-5-3-2-4-6-12/h10-12,15,18-19H,2-9H2,1H3. The van der Waals surface area contributed by atoms with Crippen LogP contribution in [0.4, 0.5) is 0 Å². The number of benzene rings is 1. The van der Waals surface area contributed by atoms with Crippen molar-refractivity contribution in [2.75, 3.05) is 13.7 Å². The number of methoxy groups -OCH3 is 1. The minimum atomic E-state index is 0.268. The van der Waals surface area contributed by atoms with Crippen molar-refractivity contribution in [3.8, 4) is 11.5 Å². The Morgan fingerprint density at radius 2 is 2.05 bits per heavy atom. The van der Waals surface area contributed by atoms with Crippen LogP contribution in [0.25, 0.3) is 0 Å². The van der Waals surface area contributed by atoms with Crippen LogP contribution >= 0.6 is 0 Å². The molecule has 1 atom stereocenters. The second-order valence-corrected chi connectivity index (χ2v) is 6.22. The zero-order valence-electron chi connectivity index (χ0n) is 12.3. The predicted octanol–water partition coefficient (Wildman–Crippen LogP) is 3.56. The van der Waals surface area contributed by atoms with Crippen molar-refractivity contribution in [3.05, 3.63) is 23.3 Å². The summed E-state index contributed by atoms with van der Waals surface area (Å²) in [6, 6.07) is 4.35. The molecule has 1 saturated carbocycles. The van der Waals surface area contributed by atoms with E-state index in [1.165, 1.54) is 49.7 Å². The summed E-state index contributed by atoms with van der Waals surface area (Å²) in [5, 5.41) is 13.6. The van der Waals surface area contributed by atoms with Gasteiger partial charge in [0.05, 0.1) is 7.11 Å². The number of fused-ring (bicyclic) bond motifs is 1. The summed E-state index contributed by atoms with van der Waals surface area (Å²) in [5.41, 5.74) is 2.61. The van der Waals surface area contributed by atoms with Crippen molar-refractivity contribution in [3.63, 3.8) is 0 Å². The molecule has 0 bridgehead atoms. The lowest BCUT2D eigenvalue weighted by molar-refractivity contribution is 0.294. The third kappa shape index (κ3) is 2.78. The Balaban J connectivity index is 1.81. The Morgan fingerprint density at radius 1 is 1.25 bits per heavy atom. The first-order chi connectivity index (χ1) is 9.78. The van der Waals surface area contributed by atoms with E-state index in [2.05, 4.69) is 5.32 Å². The van der Waals surface area contributed by atoms with Gasteiger partial charge in [-0.05, 0) is 48.6 Å². The molecule has 2 N–H and O–H groups in total. The first-order valence-electron chi connectivity index (χ1n) is 7.91. The normalized spacial score (nSPS) is 23.4. The number of phenolic OH excluding ortho intramolecular Hbond substituents is 1. The van der Waals surface area contributed by atoms with E-state index in [-0.39, 0.29) is 5.75 Å². The monoisotopic (exact) mass is 275 g/mol. The lowest BCUT2D eigenvalue weighted by Crippen LogP contribution is -2.31. The molecule has 2 aliphatic rings. The molecule has 1 heterocycles. The molecule has 3 nitrogen and oxygen atoms in total. The van der Waals surface area contributed by atoms with E-state index in [0.717, 1.165) is 18.9 Å². The maximum Gasteiger partial charge on any atom is 0.160 e. The van der Waals surface area contributed by atoms with Crippen LogP contribution in [0.1, 0.15) is 55.7 Å². The second-order valence-electron chi connectivity index (χ2n) is 6.22. The van der Waals surface area contributed by atoms with Crippen LogP contribution in [-0.2, 0) is 6.42 Å². The van der Waals surface area contributed by atoms with E-state index in [4.69, 9.17) is 4.74 Å². The quantitative estimate of drug-likeness (QED) is 0.886. The SMILES string of the molecule is COc1cc2c(cc1O)CCNC2CC1CCCCC1. The number of rotatable bonds is 3. The fourth-order valence-corrected chi connectivity index (χ4v) is 3.79. The van der Waals surface area contributed by atoms with E-state index >= 15 is 0 Å². The van der Waals surface area contributed by atoms with Crippen molar-refractivity contribution in [2.45, 2.75) is 51.0 Å². The van der Waals surface area contributed by atoms with Crippen molar-refractivity contribution in [1.82, 2.24) is 5.32 Å². The minimum absolute atomic E-state index is 0.268. The van der Waals surface area contributed by atoms with Crippen molar-refractivity contribution >= 4 is 0 Å². The molecule has 0 spiro atoms. The molecular weight excluding hydrogens is 250 g/mol. The summed E-state index contributed by atoms with van der Waals surface area (Å²) in [4.78, 5) is 0. The van der Waals surface area contributed by atoms with Crippen LogP contribution in [0.5, 0.6) is 11.5 Å². The van der Waals surface area contributed by atoms with Gasteiger partial charge in [-0.2, -0.15) is 0 Å². The fraction of sp³-hybridized carbons (Fsp3) is 0.647. The van der Waals surface area contributed by atoms with E-state index in [9.17, 15) is 5.11 Å². The number of hydrogen-bond donors (Lipinski definition) is 2. The van der Waals surface area contributed by atoms with Crippen LogP contribution in [0.15, 0.2) is 12.1 Å². The largest absolute Gasteiger partial charge is 0.504 e. The Labute approximate surface area is 121 Å². The van der Waals surface area contributed by atoms with Gasteiger partial charge >= 0.3 is 0 Å². The van der Waals surface area contributed by atoms with E-state index in [1.807, 2.05) is 12.1 Å². The van der Waals surface area contributed by atoms with Crippen LogP contribution in [0.2, 0.25) is 0 Å². The average Bonchev–Trinajstić information content (AvgIpc) is 2.48.